The maximum atomic E-state index is 5.17. The molecule has 1 aliphatic rings. The third-order valence-corrected chi connectivity index (χ3v) is 4.21. The second kappa shape index (κ2) is 7.47. The van der Waals surface area contributed by atoms with Crippen LogP contribution in [-0.4, -0.2) is 58.4 Å². The smallest absolute Gasteiger partial charge is 0.0916 e. The summed E-state index contributed by atoms with van der Waals surface area (Å²) in [4.78, 5) is 11.6. The third-order valence-electron chi connectivity index (χ3n) is 4.21. The number of hydrogen-bond donors (Lipinski definition) is 1. The van der Waals surface area contributed by atoms with E-state index in [0.717, 1.165) is 43.1 Å². The number of likely N-dealkylation sites (tertiary alicyclic amines) is 1. The topological polar surface area (TPSA) is 66.9 Å². The molecule has 2 aromatic rings. The SMILES string of the molecule is COCCN1CCC[C@@H](Cc2cnc(-c3cn[nH]c3)cn2)C1. The van der Waals surface area contributed by atoms with Crippen molar-refractivity contribution in [1.29, 1.82) is 0 Å². The number of methoxy groups -OCH3 is 1. The van der Waals surface area contributed by atoms with Gasteiger partial charge >= 0.3 is 0 Å². The van der Waals surface area contributed by atoms with E-state index in [0.29, 0.717) is 5.92 Å². The first kappa shape index (κ1) is 15.1. The van der Waals surface area contributed by atoms with Gasteiger partial charge in [-0.25, -0.2) is 0 Å². The van der Waals surface area contributed by atoms with Crippen molar-refractivity contribution in [3.63, 3.8) is 0 Å². The molecule has 0 radical (unpaired) electrons. The van der Waals surface area contributed by atoms with Crippen LogP contribution in [0.4, 0.5) is 0 Å². The second-order valence-corrected chi connectivity index (χ2v) is 5.89. The normalized spacial score (nSPS) is 19.4. The van der Waals surface area contributed by atoms with E-state index in [4.69, 9.17) is 4.74 Å². The summed E-state index contributed by atoms with van der Waals surface area (Å²) in [6, 6.07) is 0. The highest BCUT2D eigenvalue weighted by molar-refractivity contribution is 5.55. The Morgan fingerprint density at radius 1 is 1.32 bits per heavy atom. The molecular weight excluding hydrogens is 278 g/mol. The molecule has 1 N–H and O–H groups in total. The number of rotatable bonds is 6. The van der Waals surface area contributed by atoms with Crippen molar-refractivity contribution in [2.24, 2.45) is 5.92 Å². The molecule has 0 amide bonds. The summed E-state index contributed by atoms with van der Waals surface area (Å²) in [5.74, 6) is 0.666. The van der Waals surface area contributed by atoms with Crippen LogP contribution in [0.1, 0.15) is 18.5 Å². The van der Waals surface area contributed by atoms with Crippen molar-refractivity contribution in [3.8, 4) is 11.3 Å². The molecule has 2 aromatic heterocycles. The van der Waals surface area contributed by atoms with E-state index in [-0.39, 0.29) is 0 Å². The van der Waals surface area contributed by atoms with Crippen LogP contribution >= 0.6 is 0 Å². The molecule has 1 atom stereocenters. The zero-order chi connectivity index (χ0) is 15.2. The zero-order valence-electron chi connectivity index (χ0n) is 13.0. The number of nitrogens with one attached hydrogen (secondary N) is 1. The Morgan fingerprint density at radius 2 is 2.27 bits per heavy atom. The van der Waals surface area contributed by atoms with E-state index in [1.54, 1.807) is 13.3 Å². The molecule has 1 saturated heterocycles. The summed E-state index contributed by atoms with van der Waals surface area (Å²) < 4.78 is 5.17. The third kappa shape index (κ3) is 3.90. The fraction of sp³-hybridized carbons (Fsp3) is 0.562. The fourth-order valence-electron chi connectivity index (χ4n) is 3.04. The Bertz CT molecular complexity index is 554. The molecule has 6 nitrogen and oxygen atoms in total. The highest BCUT2D eigenvalue weighted by Gasteiger charge is 2.20. The van der Waals surface area contributed by atoms with E-state index in [1.165, 1.54) is 19.4 Å². The van der Waals surface area contributed by atoms with Crippen LogP contribution in [0.3, 0.4) is 0 Å². The highest BCUT2D eigenvalue weighted by Crippen LogP contribution is 2.20. The van der Waals surface area contributed by atoms with E-state index in [9.17, 15) is 0 Å². The molecule has 6 heteroatoms. The summed E-state index contributed by atoms with van der Waals surface area (Å²) in [5.41, 5.74) is 2.91. The van der Waals surface area contributed by atoms with E-state index < -0.39 is 0 Å². The Hall–Kier alpha value is -1.79. The molecule has 0 saturated carbocycles. The van der Waals surface area contributed by atoms with Crippen molar-refractivity contribution in [2.75, 3.05) is 33.4 Å². The number of H-pyrrole nitrogens is 1. The highest BCUT2D eigenvalue weighted by atomic mass is 16.5. The minimum atomic E-state index is 0.666. The lowest BCUT2D eigenvalue weighted by molar-refractivity contribution is 0.114. The van der Waals surface area contributed by atoms with Crippen LogP contribution in [0.5, 0.6) is 0 Å². The molecule has 0 unspecified atom stereocenters. The van der Waals surface area contributed by atoms with Crippen molar-refractivity contribution in [3.05, 3.63) is 30.5 Å². The molecular formula is C16H23N5O. The predicted octanol–water partition coefficient (Wildman–Crippen LogP) is 1.77. The lowest BCUT2D eigenvalue weighted by atomic mass is 9.93. The molecule has 0 spiro atoms. The van der Waals surface area contributed by atoms with Gasteiger partial charge in [-0.05, 0) is 31.7 Å². The van der Waals surface area contributed by atoms with Gasteiger partial charge in [-0.3, -0.25) is 15.1 Å². The van der Waals surface area contributed by atoms with Gasteiger partial charge in [0, 0.05) is 38.2 Å². The van der Waals surface area contributed by atoms with Crippen LogP contribution in [0, 0.1) is 5.92 Å². The number of nitrogens with zero attached hydrogens (tertiary/aromatic N) is 4. The summed E-state index contributed by atoms with van der Waals surface area (Å²) in [6.45, 7) is 4.16. The molecule has 22 heavy (non-hydrogen) atoms. The summed E-state index contributed by atoms with van der Waals surface area (Å²) in [6.07, 6.45) is 10.9. The van der Waals surface area contributed by atoms with E-state index in [1.807, 2.05) is 18.6 Å². The molecule has 0 bridgehead atoms. The van der Waals surface area contributed by atoms with Crippen molar-refractivity contribution >= 4 is 0 Å². The maximum Gasteiger partial charge on any atom is 0.0916 e. The van der Waals surface area contributed by atoms with E-state index in [2.05, 4.69) is 25.1 Å². The van der Waals surface area contributed by atoms with Crippen LogP contribution in [0.2, 0.25) is 0 Å². The number of hydrogen-bond acceptors (Lipinski definition) is 5. The molecule has 3 heterocycles. The number of aromatic amines is 1. The Kier molecular flexibility index (Phi) is 5.13. The second-order valence-electron chi connectivity index (χ2n) is 5.89. The molecule has 118 valence electrons. The van der Waals surface area contributed by atoms with Crippen LogP contribution in [0.15, 0.2) is 24.8 Å². The first-order chi connectivity index (χ1) is 10.8. The Balaban J connectivity index is 1.56. The zero-order valence-corrected chi connectivity index (χ0v) is 13.0. The number of piperidine rings is 1. The standard InChI is InChI=1S/C16H23N5O/c1-22-6-5-21-4-2-3-13(12-21)7-15-10-18-16(11-17-15)14-8-19-20-9-14/h8-11,13H,2-7,12H2,1H3,(H,19,20)/t13-/m0/s1. The first-order valence-electron chi connectivity index (χ1n) is 7.86. The van der Waals surface area contributed by atoms with Gasteiger partial charge in [0.05, 0.1) is 30.4 Å². The van der Waals surface area contributed by atoms with Crippen LogP contribution < -0.4 is 0 Å². The Morgan fingerprint density at radius 3 is 3.00 bits per heavy atom. The van der Waals surface area contributed by atoms with Gasteiger partial charge in [-0.1, -0.05) is 0 Å². The molecule has 1 fully saturated rings. The monoisotopic (exact) mass is 301 g/mol. The van der Waals surface area contributed by atoms with Gasteiger partial charge in [0.2, 0.25) is 0 Å². The molecule has 1 aliphatic heterocycles. The summed E-state index contributed by atoms with van der Waals surface area (Å²) in [5, 5.41) is 6.74. The lowest BCUT2D eigenvalue weighted by Crippen LogP contribution is -2.38. The largest absolute Gasteiger partial charge is 0.383 e. The first-order valence-corrected chi connectivity index (χ1v) is 7.86. The van der Waals surface area contributed by atoms with Crippen molar-refractivity contribution in [1.82, 2.24) is 25.1 Å². The molecule has 3 rings (SSSR count). The van der Waals surface area contributed by atoms with E-state index >= 15 is 0 Å². The number of ether oxygens (including phenoxy) is 1. The quantitative estimate of drug-likeness (QED) is 0.881. The molecule has 0 aliphatic carbocycles. The minimum absolute atomic E-state index is 0.666. The average molecular weight is 301 g/mol. The predicted molar refractivity (Wildman–Crippen MR) is 84.4 cm³/mol. The van der Waals surface area contributed by atoms with Gasteiger partial charge in [0.1, 0.15) is 0 Å². The van der Waals surface area contributed by atoms with Crippen LogP contribution in [0.25, 0.3) is 11.3 Å². The average Bonchev–Trinajstić information content (AvgIpc) is 3.08. The van der Waals surface area contributed by atoms with Gasteiger partial charge < -0.3 is 9.64 Å². The fourth-order valence-corrected chi connectivity index (χ4v) is 3.04. The van der Waals surface area contributed by atoms with Crippen LogP contribution in [-0.2, 0) is 11.2 Å². The van der Waals surface area contributed by atoms with Gasteiger partial charge in [-0.2, -0.15) is 5.10 Å². The van der Waals surface area contributed by atoms with Gasteiger partial charge in [0.15, 0.2) is 0 Å². The Labute approximate surface area is 130 Å². The van der Waals surface area contributed by atoms with Crippen molar-refractivity contribution in [2.45, 2.75) is 19.3 Å². The maximum absolute atomic E-state index is 5.17. The van der Waals surface area contributed by atoms with Gasteiger partial charge in [-0.15, -0.1) is 0 Å². The molecule has 0 aromatic carbocycles. The summed E-state index contributed by atoms with van der Waals surface area (Å²) in [7, 11) is 1.76. The summed E-state index contributed by atoms with van der Waals surface area (Å²) >= 11 is 0. The lowest BCUT2D eigenvalue weighted by Gasteiger charge is -2.32. The minimum Gasteiger partial charge on any atom is -0.383 e. The van der Waals surface area contributed by atoms with Crippen molar-refractivity contribution < 1.29 is 4.74 Å². The van der Waals surface area contributed by atoms with Gasteiger partial charge in [0.25, 0.3) is 0 Å². The number of aromatic nitrogens is 4.